The highest BCUT2D eigenvalue weighted by atomic mass is 16.2. The topological polar surface area (TPSA) is 114 Å². The van der Waals surface area contributed by atoms with Crippen LogP contribution in [0.15, 0.2) is 87.9 Å². The second-order valence-corrected chi connectivity index (χ2v) is 10.8. The summed E-state index contributed by atoms with van der Waals surface area (Å²) in [5.41, 5.74) is 19.2. The molecule has 0 amide bonds. The van der Waals surface area contributed by atoms with Crippen molar-refractivity contribution in [3.8, 4) is 11.1 Å². The second-order valence-electron chi connectivity index (χ2n) is 10.8. The Bertz CT molecular complexity index is 1520. The van der Waals surface area contributed by atoms with Crippen molar-refractivity contribution in [3.05, 3.63) is 111 Å². The van der Waals surface area contributed by atoms with Crippen LogP contribution in [-0.2, 0) is 31.3 Å². The molecule has 0 aliphatic heterocycles. The van der Waals surface area contributed by atoms with Gasteiger partial charge in [-0.05, 0) is 59.1 Å². The normalized spacial score (nSPS) is 12.1. The molecule has 202 valence electrons. The number of hydrogen-bond acceptors (Lipinski definition) is 4. The number of aryl methyl sites for hydroxylation is 2. The van der Waals surface area contributed by atoms with Crippen molar-refractivity contribution in [1.82, 2.24) is 14.3 Å². The average Bonchev–Trinajstić information content (AvgIpc) is 3.22. The molecule has 0 radical (unpaired) electrons. The van der Waals surface area contributed by atoms with Gasteiger partial charge in [-0.15, -0.1) is 5.10 Å². The van der Waals surface area contributed by atoms with E-state index in [2.05, 4.69) is 79.6 Å². The van der Waals surface area contributed by atoms with Crippen LogP contribution in [0.25, 0.3) is 11.1 Å². The number of rotatable bonds is 10. The van der Waals surface area contributed by atoms with Crippen molar-refractivity contribution < 1.29 is 0 Å². The molecule has 3 aromatic carbocycles. The van der Waals surface area contributed by atoms with Gasteiger partial charge in [0, 0.05) is 18.5 Å². The second kappa shape index (κ2) is 12.0. The summed E-state index contributed by atoms with van der Waals surface area (Å²) >= 11 is 0. The maximum absolute atomic E-state index is 13.0. The van der Waals surface area contributed by atoms with Gasteiger partial charge in [-0.3, -0.25) is 4.57 Å². The first-order chi connectivity index (χ1) is 18.7. The molecular formula is C31H37N7O. The molecule has 0 saturated carbocycles. The molecule has 0 bridgehead atoms. The van der Waals surface area contributed by atoms with Crippen LogP contribution in [0.5, 0.6) is 0 Å². The molecule has 1 heterocycles. The largest absolute Gasteiger partial charge is 0.382 e. The van der Waals surface area contributed by atoms with Gasteiger partial charge < -0.3 is 5.73 Å². The standard InChI is InChI=1S/C31H37N7O/c1-5-37-28(35-38(30(37)39)21-23-15-17-27(18-16-23)31(2,3)4)14-7-10-22-9-6-11-24(19-22)25-12-8-13-26(20-25)29(32)34-36-33/h6,8-9,11-13,15-20H,5,7,10,14,21H2,1-4H3,(H3,32,33,34). The molecule has 1 aromatic heterocycles. The van der Waals surface area contributed by atoms with Gasteiger partial charge in [-0.2, -0.15) is 10.6 Å². The smallest absolute Gasteiger partial charge is 0.346 e. The summed E-state index contributed by atoms with van der Waals surface area (Å²) in [7, 11) is 0. The predicted octanol–water partition coefficient (Wildman–Crippen LogP) is 5.90. The van der Waals surface area contributed by atoms with E-state index in [0.29, 0.717) is 13.1 Å². The molecule has 39 heavy (non-hydrogen) atoms. The van der Waals surface area contributed by atoms with Gasteiger partial charge in [0.15, 0.2) is 5.84 Å². The molecule has 4 aromatic rings. The minimum Gasteiger partial charge on any atom is -0.382 e. The van der Waals surface area contributed by atoms with E-state index in [0.717, 1.165) is 47.3 Å². The summed E-state index contributed by atoms with van der Waals surface area (Å²) in [6.45, 7) is 9.64. The molecule has 8 heteroatoms. The van der Waals surface area contributed by atoms with E-state index in [-0.39, 0.29) is 16.9 Å². The minimum absolute atomic E-state index is 0.0599. The number of hydrogen-bond donors (Lipinski definition) is 2. The average molecular weight is 524 g/mol. The third-order valence-electron chi connectivity index (χ3n) is 6.91. The van der Waals surface area contributed by atoms with Crippen LogP contribution in [0.3, 0.4) is 0 Å². The van der Waals surface area contributed by atoms with E-state index < -0.39 is 0 Å². The Morgan fingerprint density at radius 2 is 1.64 bits per heavy atom. The van der Waals surface area contributed by atoms with E-state index in [9.17, 15) is 4.79 Å². The molecule has 0 aliphatic rings. The van der Waals surface area contributed by atoms with Gasteiger partial charge in [-0.1, -0.05) is 92.7 Å². The summed E-state index contributed by atoms with van der Waals surface area (Å²) in [6.07, 6.45) is 2.47. The van der Waals surface area contributed by atoms with Crippen molar-refractivity contribution in [2.24, 2.45) is 16.1 Å². The lowest BCUT2D eigenvalue weighted by atomic mass is 9.87. The fraction of sp³-hybridized carbons (Fsp3) is 0.323. The van der Waals surface area contributed by atoms with Crippen molar-refractivity contribution in [2.75, 3.05) is 0 Å². The Hall–Kier alpha value is -4.33. The van der Waals surface area contributed by atoms with Gasteiger partial charge in [0.2, 0.25) is 0 Å². The Balaban J connectivity index is 1.44. The summed E-state index contributed by atoms with van der Waals surface area (Å²) in [6, 6.07) is 24.6. The summed E-state index contributed by atoms with van der Waals surface area (Å²) in [5, 5.41) is 11.4. The quantitative estimate of drug-likeness (QED) is 0.117. The highest BCUT2D eigenvalue weighted by Gasteiger charge is 2.15. The van der Waals surface area contributed by atoms with Crippen LogP contribution < -0.4 is 11.4 Å². The number of aromatic nitrogens is 3. The maximum atomic E-state index is 13.0. The molecule has 0 saturated heterocycles. The molecule has 0 aliphatic carbocycles. The summed E-state index contributed by atoms with van der Waals surface area (Å²) < 4.78 is 3.36. The third-order valence-corrected chi connectivity index (χ3v) is 6.91. The predicted molar refractivity (Wildman–Crippen MR) is 156 cm³/mol. The van der Waals surface area contributed by atoms with Crippen LogP contribution in [0.1, 0.15) is 62.2 Å². The number of nitrogens with two attached hydrogens (primary N) is 1. The van der Waals surface area contributed by atoms with Crippen LogP contribution in [0.2, 0.25) is 0 Å². The maximum Gasteiger partial charge on any atom is 0.346 e. The number of nitrogens with zero attached hydrogens (tertiary/aromatic N) is 5. The van der Waals surface area contributed by atoms with Crippen LogP contribution in [0, 0.1) is 5.53 Å². The van der Waals surface area contributed by atoms with E-state index in [1.165, 1.54) is 11.1 Å². The zero-order chi connectivity index (χ0) is 28.0. The van der Waals surface area contributed by atoms with Crippen molar-refractivity contribution in [3.63, 3.8) is 0 Å². The molecule has 0 fully saturated rings. The van der Waals surface area contributed by atoms with Crippen LogP contribution in [0.4, 0.5) is 0 Å². The molecule has 3 N–H and O–H groups in total. The Morgan fingerprint density at radius 3 is 2.31 bits per heavy atom. The molecule has 0 unspecified atom stereocenters. The van der Waals surface area contributed by atoms with Gasteiger partial charge in [0.05, 0.1) is 6.54 Å². The molecule has 0 atom stereocenters. The fourth-order valence-corrected chi connectivity index (χ4v) is 4.70. The van der Waals surface area contributed by atoms with Gasteiger partial charge in [-0.25, -0.2) is 9.48 Å². The van der Waals surface area contributed by atoms with Crippen molar-refractivity contribution in [2.45, 2.75) is 65.5 Å². The summed E-state index contributed by atoms with van der Waals surface area (Å²) in [5.74, 6) is 1.04. The van der Waals surface area contributed by atoms with E-state index >= 15 is 0 Å². The Labute approximate surface area is 229 Å². The lowest BCUT2D eigenvalue weighted by molar-refractivity contribution is 0.588. The monoisotopic (exact) mass is 523 g/mol. The van der Waals surface area contributed by atoms with Crippen molar-refractivity contribution in [1.29, 1.82) is 5.53 Å². The van der Waals surface area contributed by atoms with Gasteiger partial charge in [0.1, 0.15) is 5.82 Å². The van der Waals surface area contributed by atoms with E-state index in [1.807, 2.05) is 31.2 Å². The first-order valence-corrected chi connectivity index (χ1v) is 13.3. The van der Waals surface area contributed by atoms with Gasteiger partial charge >= 0.3 is 5.69 Å². The summed E-state index contributed by atoms with van der Waals surface area (Å²) in [4.78, 5) is 13.0. The minimum atomic E-state index is -0.0599. The highest BCUT2D eigenvalue weighted by molar-refractivity contribution is 5.98. The number of benzene rings is 3. The Kier molecular flexibility index (Phi) is 8.54. The molecule has 8 nitrogen and oxygen atoms in total. The zero-order valence-electron chi connectivity index (χ0n) is 23.2. The Morgan fingerprint density at radius 1 is 0.949 bits per heavy atom. The van der Waals surface area contributed by atoms with Crippen LogP contribution >= 0.6 is 0 Å². The lowest BCUT2D eigenvalue weighted by Crippen LogP contribution is -2.25. The molecular weight excluding hydrogens is 486 g/mol. The van der Waals surface area contributed by atoms with Gasteiger partial charge in [0.25, 0.3) is 0 Å². The third kappa shape index (κ3) is 6.76. The van der Waals surface area contributed by atoms with E-state index in [4.69, 9.17) is 16.4 Å². The SMILES string of the molecule is CCn1c(CCCc2cccc(-c3cccc(C(N)=NN=N)c3)c2)nn(Cc2ccc(C(C)(C)C)cc2)c1=O. The van der Waals surface area contributed by atoms with Crippen LogP contribution in [-0.4, -0.2) is 20.2 Å². The highest BCUT2D eigenvalue weighted by Crippen LogP contribution is 2.23. The van der Waals surface area contributed by atoms with E-state index in [1.54, 1.807) is 9.25 Å². The zero-order valence-corrected chi connectivity index (χ0v) is 23.2. The molecule has 0 spiro atoms. The fourth-order valence-electron chi connectivity index (χ4n) is 4.70. The lowest BCUT2D eigenvalue weighted by Gasteiger charge is -2.19. The first-order valence-electron chi connectivity index (χ1n) is 13.3. The van der Waals surface area contributed by atoms with Crippen molar-refractivity contribution >= 4 is 5.84 Å². The first kappa shape index (κ1) is 27.7. The molecule has 4 rings (SSSR count). The number of nitrogens with one attached hydrogen (secondary N) is 1. The number of amidine groups is 1.